The molecule has 0 radical (unpaired) electrons. The van der Waals surface area contributed by atoms with Crippen LogP contribution in [0, 0.1) is 5.92 Å². The summed E-state index contributed by atoms with van der Waals surface area (Å²) in [6.07, 6.45) is 3.07. The molecule has 1 aromatic carbocycles. The standard InChI is InChI=1S/C14H16BrN3/c1-10-9-18(7-6-12(10)15)14-16-8-11-4-2-3-5-13(11)17-14/h2-5,8,10,12H,6-7,9H2,1H3. The molecular weight excluding hydrogens is 290 g/mol. The van der Waals surface area contributed by atoms with Crippen molar-refractivity contribution in [3.8, 4) is 0 Å². The van der Waals surface area contributed by atoms with Crippen LogP contribution < -0.4 is 4.90 Å². The third kappa shape index (κ3) is 2.21. The van der Waals surface area contributed by atoms with Gasteiger partial charge in [0.1, 0.15) is 0 Å². The quantitative estimate of drug-likeness (QED) is 0.757. The molecule has 4 heteroatoms. The molecule has 2 heterocycles. The number of hydrogen-bond acceptors (Lipinski definition) is 3. The Labute approximate surface area is 115 Å². The van der Waals surface area contributed by atoms with Gasteiger partial charge in [0.15, 0.2) is 0 Å². The van der Waals surface area contributed by atoms with Crippen molar-refractivity contribution < 1.29 is 0 Å². The molecule has 0 N–H and O–H groups in total. The molecule has 3 rings (SSSR count). The maximum atomic E-state index is 4.66. The fraction of sp³-hybridized carbons (Fsp3) is 0.429. The second kappa shape index (κ2) is 4.84. The Hall–Kier alpha value is -1.16. The van der Waals surface area contributed by atoms with Gasteiger partial charge in [-0.2, -0.15) is 0 Å². The van der Waals surface area contributed by atoms with Crippen LogP contribution in [0.25, 0.3) is 10.9 Å². The van der Waals surface area contributed by atoms with Gasteiger partial charge < -0.3 is 4.90 Å². The predicted molar refractivity (Wildman–Crippen MR) is 78.2 cm³/mol. The van der Waals surface area contributed by atoms with Crippen LogP contribution in [-0.2, 0) is 0 Å². The van der Waals surface area contributed by atoms with E-state index in [1.54, 1.807) is 0 Å². The lowest BCUT2D eigenvalue weighted by atomic mass is 10.0. The number of hydrogen-bond donors (Lipinski definition) is 0. The lowest BCUT2D eigenvalue weighted by molar-refractivity contribution is 0.461. The Morgan fingerprint density at radius 2 is 2.17 bits per heavy atom. The van der Waals surface area contributed by atoms with E-state index < -0.39 is 0 Å². The summed E-state index contributed by atoms with van der Waals surface area (Å²) in [4.78, 5) is 12.1. The molecule has 0 saturated carbocycles. The van der Waals surface area contributed by atoms with E-state index in [0.29, 0.717) is 10.7 Å². The highest BCUT2D eigenvalue weighted by Crippen LogP contribution is 2.26. The normalized spacial score (nSPS) is 24.4. The van der Waals surface area contributed by atoms with E-state index in [-0.39, 0.29) is 0 Å². The van der Waals surface area contributed by atoms with Crippen molar-refractivity contribution in [2.45, 2.75) is 18.2 Å². The maximum absolute atomic E-state index is 4.66. The second-order valence-corrected chi connectivity index (χ2v) is 6.13. The second-order valence-electron chi connectivity index (χ2n) is 4.96. The van der Waals surface area contributed by atoms with E-state index in [4.69, 9.17) is 0 Å². The number of benzene rings is 1. The van der Waals surface area contributed by atoms with Gasteiger partial charge in [0.05, 0.1) is 5.52 Å². The summed E-state index contributed by atoms with van der Waals surface area (Å²) in [5.74, 6) is 1.49. The van der Waals surface area contributed by atoms with E-state index >= 15 is 0 Å². The third-order valence-corrected chi connectivity index (χ3v) is 4.92. The molecule has 2 aromatic rings. The van der Waals surface area contributed by atoms with Crippen LogP contribution in [0.2, 0.25) is 0 Å². The van der Waals surface area contributed by atoms with Gasteiger partial charge in [-0.15, -0.1) is 0 Å². The molecule has 1 saturated heterocycles. The molecule has 0 amide bonds. The summed E-state index contributed by atoms with van der Waals surface area (Å²) in [6.45, 7) is 4.32. The Morgan fingerprint density at radius 3 is 3.00 bits per heavy atom. The Morgan fingerprint density at radius 1 is 1.33 bits per heavy atom. The first kappa shape index (κ1) is 11.9. The molecule has 0 aliphatic carbocycles. The van der Waals surface area contributed by atoms with Crippen molar-refractivity contribution in [3.63, 3.8) is 0 Å². The summed E-state index contributed by atoms with van der Waals surface area (Å²) >= 11 is 3.73. The number of fused-ring (bicyclic) bond motifs is 1. The zero-order chi connectivity index (χ0) is 12.5. The fourth-order valence-corrected chi connectivity index (χ4v) is 2.79. The number of piperidine rings is 1. The van der Waals surface area contributed by atoms with Gasteiger partial charge in [0.25, 0.3) is 0 Å². The van der Waals surface area contributed by atoms with Gasteiger partial charge in [-0.3, -0.25) is 0 Å². The molecule has 1 aromatic heterocycles. The number of halogens is 1. The lowest BCUT2D eigenvalue weighted by Gasteiger charge is -2.34. The zero-order valence-corrected chi connectivity index (χ0v) is 12.0. The van der Waals surface area contributed by atoms with Crippen LogP contribution in [0.15, 0.2) is 30.5 Å². The molecule has 0 bridgehead atoms. The SMILES string of the molecule is CC1CN(c2ncc3ccccc3n2)CCC1Br. The summed E-state index contributed by atoms with van der Waals surface area (Å²) in [5.41, 5.74) is 1.02. The van der Waals surface area contributed by atoms with Gasteiger partial charge in [-0.1, -0.05) is 41.1 Å². The molecular formula is C14H16BrN3. The van der Waals surface area contributed by atoms with Gasteiger partial charge in [-0.25, -0.2) is 9.97 Å². The van der Waals surface area contributed by atoms with Crippen LogP contribution in [-0.4, -0.2) is 27.9 Å². The van der Waals surface area contributed by atoms with Gasteiger partial charge in [-0.05, 0) is 18.4 Å². The smallest absolute Gasteiger partial charge is 0.225 e. The van der Waals surface area contributed by atoms with Crippen LogP contribution in [0.1, 0.15) is 13.3 Å². The Bertz CT molecular complexity index is 557. The first-order valence-corrected chi connectivity index (χ1v) is 7.26. The van der Waals surface area contributed by atoms with Crippen molar-refractivity contribution in [1.82, 2.24) is 9.97 Å². The van der Waals surface area contributed by atoms with Crippen LogP contribution >= 0.6 is 15.9 Å². The highest BCUT2D eigenvalue weighted by Gasteiger charge is 2.25. The molecule has 0 spiro atoms. The number of anilines is 1. The monoisotopic (exact) mass is 305 g/mol. The van der Waals surface area contributed by atoms with Crippen LogP contribution in [0.4, 0.5) is 5.95 Å². The van der Waals surface area contributed by atoms with Crippen LogP contribution in [0.5, 0.6) is 0 Å². The first-order chi connectivity index (χ1) is 8.74. The zero-order valence-electron chi connectivity index (χ0n) is 10.4. The highest BCUT2D eigenvalue weighted by molar-refractivity contribution is 9.09. The average Bonchev–Trinajstić information content (AvgIpc) is 2.41. The number of nitrogens with zero attached hydrogens (tertiary/aromatic N) is 3. The van der Waals surface area contributed by atoms with Crippen molar-refractivity contribution in [1.29, 1.82) is 0 Å². The van der Waals surface area contributed by atoms with Crippen LogP contribution in [0.3, 0.4) is 0 Å². The maximum Gasteiger partial charge on any atom is 0.225 e. The molecule has 3 nitrogen and oxygen atoms in total. The van der Waals surface area contributed by atoms with E-state index in [0.717, 1.165) is 36.4 Å². The van der Waals surface area contributed by atoms with E-state index in [9.17, 15) is 0 Å². The first-order valence-electron chi connectivity index (χ1n) is 6.35. The third-order valence-electron chi connectivity index (χ3n) is 3.56. The molecule has 1 fully saturated rings. The number of rotatable bonds is 1. The molecule has 2 atom stereocenters. The van der Waals surface area contributed by atoms with Gasteiger partial charge >= 0.3 is 0 Å². The van der Waals surface area contributed by atoms with Crippen molar-refractivity contribution in [2.75, 3.05) is 18.0 Å². The lowest BCUT2D eigenvalue weighted by Crippen LogP contribution is -2.40. The van der Waals surface area contributed by atoms with Gasteiger partial charge in [0.2, 0.25) is 5.95 Å². The molecule has 18 heavy (non-hydrogen) atoms. The minimum atomic E-state index is 0.620. The predicted octanol–water partition coefficient (Wildman–Crippen LogP) is 3.24. The van der Waals surface area contributed by atoms with Crippen molar-refractivity contribution in [3.05, 3.63) is 30.5 Å². The molecule has 1 aliphatic heterocycles. The molecule has 1 aliphatic rings. The average molecular weight is 306 g/mol. The topological polar surface area (TPSA) is 29.0 Å². The van der Waals surface area contributed by atoms with E-state index in [1.165, 1.54) is 0 Å². The number of aromatic nitrogens is 2. The summed E-state index contributed by atoms with van der Waals surface area (Å²) in [6, 6.07) is 8.13. The minimum absolute atomic E-state index is 0.620. The van der Waals surface area contributed by atoms with E-state index in [1.807, 2.05) is 30.5 Å². The number of alkyl halides is 1. The van der Waals surface area contributed by atoms with Crippen molar-refractivity contribution in [2.24, 2.45) is 5.92 Å². The van der Waals surface area contributed by atoms with E-state index in [2.05, 4.69) is 37.7 Å². The fourth-order valence-electron chi connectivity index (χ4n) is 2.41. The Balaban J connectivity index is 1.90. The summed E-state index contributed by atoms with van der Waals surface area (Å²) < 4.78 is 0. The summed E-state index contributed by atoms with van der Waals surface area (Å²) in [5, 5.41) is 1.10. The Kier molecular flexibility index (Phi) is 3.20. The number of para-hydroxylation sites is 1. The molecule has 2 unspecified atom stereocenters. The highest BCUT2D eigenvalue weighted by atomic mass is 79.9. The molecule has 94 valence electrons. The van der Waals surface area contributed by atoms with Crippen molar-refractivity contribution >= 4 is 32.8 Å². The minimum Gasteiger partial charge on any atom is -0.340 e. The van der Waals surface area contributed by atoms with Gasteiger partial charge in [0, 0.05) is 29.5 Å². The largest absolute Gasteiger partial charge is 0.340 e. The summed E-state index contributed by atoms with van der Waals surface area (Å²) in [7, 11) is 0.